The highest BCUT2D eigenvalue weighted by atomic mass is 14.6. The topological polar surface area (TPSA) is 26.0 Å². The van der Waals surface area contributed by atoms with Gasteiger partial charge in [-0.25, -0.2) is 0 Å². The highest BCUT2D eigenvalue weighted by Gasteiger charge is 2.39. The number of fused-ring (bicyclic) bond motifs is 1. The first-order chi connectivity index (χ1) is 8.09. The summed E-state index contributed by atoms with van der Waals surface area (Å²) in [7, 11) is 0. The maximum Gasteiger partial charge on any atom is 0.00362 e. The molecule has 6 unspecified atom stereocenters. The zero-order valence-electron chi connectivity index (χ0n) is 12.0. The van der Waals surface area contributed by atoms with Crippen LogP contribution in [0.2, 0.25) is 0 Å². The average Bonchev–Trinajstić information content (AvgIpc) is 2.72. The van der Waals surface area contributed by atoms with Crippen molar-refractivity contribution in [3.63, 3.8) is 0 Å². The third-order valence-corrected chi connectivity index (χ3v) is 5.76. The molecule has 0 aliphatic heterocycles. The summed E-state index contributed by atoms with van der Waals surface area (Å²) in [5, 5.41) is 0. The van der Waals surface area contributed by atoms with E-state index in [4.69, 9.17) is 5.73 Å². The Balaban J connectivity index is 1.89. The molecule has 17 heavy (non-hydrogen) atoms. The zero-order chi connectivity index (χ0) is 12.4. The number of hydrogen-bond donors (Lipinski definition) is 1. The number of nitrogens with two attached hydrogens (primary N) is 1. The fourth-order valence-corrected chi connectivity index (χ4v) is 4.46. The number of rotatable bonds is 4. The van der Waals surface area contributed by atoms with Crippen LogP contribution in [0.3, 0.4) is 0 Å². The van der Waals surface area contributed by atoms with Gasteiger partial charge in [-0.1, -0.05) is 33.1 Å². The molecule has 2 saturated carbocycles. The van der Waals surface area contributed by atoms with Gasteiger partial charge in [-0.05, 0) is 62.2 Å². The first-order valence-electron chi connectivity index (χ1n) is 7.85. The summed E-state index contributed by atoms with van der Waals surface area (Å²) < 4.78 is 0. The van der Waals surface area contributed by atoms with Crippen molar-refractivity contribution in [3.05, 3.63) is 0 Å². The van der Waals surface area contributed by atoms with E-state index in [0.29, 0.717) is 12.0 Å². The second-order valence-electron chi connectivity index (χ2n) is 7.00. The molecule has 2 aliphatic carbocycles. The van der Waals surface area contributed by atoms with Gasteiger partial charge in [-0.3, -0.25) is 0 Å². The Labute approximate surface area is 108 Å². The normalized spacial score (nSPS) is 38.5. The fourth-order valence-electron chi connectivity index (χ4n) is 4.46. The van der Waals surface area contributed by atoms with Crippen molar-refractivity contribution < 1.29 is 0 Å². The molecule has 1 nitrogen and oxygen atoms in total. The third-order valence-electron chi connectivity index (χ3n) is 5.76. The largest absolute Gasteiger partial charge is 0.328 e. The summed E-state index contributed by atoms with van der Waals surface area (Å²) in [6.45, 7) is 6.98. The molecule has 1 heteroatoms. The van der Waals surface area contributed by atoms with Crippen LogP contribution in [0.4, 0.5) is 0 Å². The first-order valence-corrected chi connectivity index (χ1v) is 7.85. The standard InChI is InChI=1S/C16H31N/c1-11(13(3)17)10-12(2)15-9-8-14-6-4-5-7-16(14)15/h11-16H,4-10,17H2,1-3H3. The van der Waals surface area contributed by atoms with Gasteiger partial charge in [0.05, 0.1) is 0 Å². The van der Waals surface area contributed by atoms with Crippen molar-refractivity contribution in [3.8, 4) is 0 Å². The van der Waals surface area contributed by atoms with E-state index in [1.54, 1.807) is 0 Å². The highest BCUT2D eigenvalue weighted by Crippen LogP contribution is 2.49. The lowest BCUT2D eigenvalue weighted by Crippen LogP contribution is -2.29. The van der Waals surface area contributed by atoms with E-state index in [2.05, 4.69) is 20.8 Å². The Hall–Kier alpha value is -0.0400. The van der Waals surface area contributed by atoms with E-state index in [1.165, 1.54) is 44.9 Å². The second kappa shape index (κ2) is 5.73. The molecule has 6 atom stereocenters. The molecule has 0 spiro atoms. The van der Waals surface area contributed by atoms with Crippen LogP contribution < -0.4 is 5.73 Å². The van der Waals surface area contributed by atoms with Crippen LogP contribution in [0.25, 0.3) is 0 Å². The Morgan fingerprint density at radius 3 is 2.41 bits per heavy atom. The van der Waals surface area contributed by atoms with E-state index in [1.807, 2.05) is 0 Å². The van der Waals surface area contributed by atoms with E-state index in [9.17, 15) is 0 Å². The van der Waals surface area contributed by atoms with Crippen molar-refractivity contribution in [2.45, 2.75) is 71.8 Å². The molecular weight excluding hydrogens is 206 g/mol. The summed E-state index contributed by atoms with van der Waals surface area (Å²) >= 11 is 0. The van der Waals surface area contributed by atoms with Gasteiger partial charge in [0.15, 0.2) is 0 Å². The van der Waals surface area contributed by atoms with Gasteiger partial charge >= 0.3 is 0 Å². The van der Waals surface area contributed by atoms with Crippen molar-refractivity contribution in [1.29, 1.82) is 0 Å². The lowest BCUT2D eigenvalue weighted by molar-refractivity contribution is 0.167. The van der Waals surface area contributed by atoms with E-state index in [-0.39, 0.29) is 0 Å². The van der Waals surface area contributed by atoms with Crippen LogP contribution >= 0.6 is 0 Å². The molecule has 2 N–H and O–H groups in total. The molecule has 0 bridgehead atoms. The fraction of sp³-hybridized carbons (Fsp3) is 1.00. The summed E-state index contributed by atoms with van der Waals surface area (Å²) in [6, 6.07) is 0.362. The van der Waals surface area contributed by atoms with Crippen molar-refractivity contribution in [2.24, 2.45) is 35.3 Å². The molecule has 0 aromatic carbocycles. The zero-order valence-corrected chi connectivity index (χ0v) is 12.0. The summed E-state index contributed by atoms with van der Waals surface area (Å²) in [4.78, 5) is 0. The maximum absolute atomic E-state index is 6.01. The van der Waals surface area contributed by atoms with E-state index in [0.717, 1.165) is 23.7 Å². The van der Waals surface area contributed by atoms with Gasteiger partial charge in [0.2, 0.25) is 0 Å². The van der Waals surface area contributed by atoms with Gasteiger partial charge in [-0.2, -0.15) is 0 Å². The minimum Gasteiger partial charge on any atom is -0.328 e. The molecule has 2 aliphatic rings. The van der Waals surface area contributed by atoms with Gasteiger partial charge in [0.1, 0.15) is 0 Å². The van der Waals surface area contributed by atoms with Crippen LogP contribution in [-0.2, 0) is 0 Å². The van der Waals surface area contributed by atoms with Crippen molar-refractivity contribution in [1.82, 2.24) is 0 Å². The van der Waals surface area contributed by atoms with Crippen LogP contribution in [0.1, 0.15) is 65.7 Å². The molecular formula is C16H31N. The van der Waals surface area contributed by atoms with Crippen LogP contribution in [0.5, 0.6) is 0 Å². The lowest BCUT2D eigenvalue weighted by Gasteiger charge is -2.34. The van der Waals surface area contributed by atoms with E-state index >= 15 is 0 Å². The van der Waals surface area contributed by atoms with Crippen LogP contribution in [0.15, 0.2) is 0 Å². The third kappa shape index (κ3) is 3.05. The Bertz CT molecular complexity index is 236. The molecule has 2 rings (SSSR count). The molecule has 0 radical (unpaired) electrons. The van der Waals surface area contributed by atoms with Crippen LogP contribution in [-0.4, -0.2) is 6.04 Å². The van der Waals surface area contributed by atoms with Crippen molar-refractivity contribution in [2.75, 3.05) is 0 Å². The van der Waals surface area contributed by atoms with Gasteiger partial charge in [-0.15, -0.1) is 0 Å². The molecule has 0 aromatic rings. The molecule has 0 aromatic heterocycles. The minimum atomic E-state index is 0.362. The minimum absolute atomic E-state index is 0.362. The predicted octanol–water partition coefficient (Wildman–Crippen LogP) is 4.21. The average molecular weight is 237 g/mol. The SMILES string of the molecule is CC(N)C(C)CC(C)C1CCC2CCCCC21. The maximum atomic E-state index is 6.01. The Morgan fingerprint density at radius 2 is 1.71 bits per heavy atom. The Morgan fingerprint density at radius 1 is 1.00 bits per heavy atom. The lowest BCUT2D eigenvalue weighted by atomic mass is 9.72. The Kier molecular flexibility index (Phi) is 4.52. The monoisotopic (exact) mass is 237 g/mol. The van der Waals surface area contributed by atoms with Crippen LogP contribution in [0, 0.1) is 29.6 Å². The highest BCUT2D eigenvalue weighted by molar-refractivity contribution is 4.90. The predicted molar refractivity (Wildman–Crippen MR) is 74.8 cm³/mol. The summed E-state index contributed by atoms with van der Waals surface area (Å²) in [5.74, 6) is 4.75. The number of hydrogen-bond acceptors (Lipinski definition) is 1. The molecule has 100 valence electrons. The van der Waals surface area contributed by atoms with Gasteiger partial charge < -0.3 is 5.73 Å². The van der Waals surface area contributed by atoms with Gasteiger partial charge in [0, 0.05) is 6.04 Å². The summed E-state index contributed by atoms with van der Waals surface area (Å²) in [5.41, 5.74) is 6.01. The van der Waals surface area contributed by atoms with E-state index < -0.39 is 0 Å². The second-order valence-corrected chi connectivity index (χ2v) is 7.00. The quantitative estimate of drug-likeness (QED) is 0.778. The van der Waals surface area contributed by atoms with Crippen molar-refractivity contribution >= 4 is 0 Å². The molecule has 2 fully saturated rings. The molecule has 0 saturated heterocycles. The smallest absolute Gasteiger partial charge is 0.00362 e. The molecule has 0 heterocycles. The first kappa shape index (κ1) is 13.4. The van der Waals surface area contributed by atoms with Gasteiger partial charge in [0.25, 0.3) is 0 Å². The molecule has 0 amide bonds. The summed E-state index contributed by atoms with van der Waals surface area (Å²) in [6.07, 6.45) is 10.4.